The number of carbonyl (C=O) groups is 2. The second-order valence-electron chi connectivity index (χ2n) is 4.23. The molecule has 2 aliphatic carbocycles. The van der Waals surface area contributed by atoms with Crippen molar-refractivity contribution in [2.75, 3.05) is 0 Å². The molecule has 2 saturated carbocycles. The van der Waals surface area contributed by atoms with E-state index in [2.05, 4.69) is 0 Å². The van der Waals surface area contributed by atoms with Gasteiger partial charge in [-0.1, -0.05) is 13.8 Å². The van der Waals surface area contributed by atoms with E-state index in [1.54, 1.807) is 0 Å². The fraction of sp³-hybridized carbons (Fsp3) is 0.778. The van der Waals surface area contributed by atoms with Gasteiger partial charge in [0.1, 0.15) is 0 Å². The average molecular weight is 152 g/mol. The zero-order valence-electron chi connectivity index (χ0n) is 6.89. The smallest absolute Gasteiger partial charge is 0.202 e. The van der Waals surface area contributed by atoms with Gasteiger partial charge in [0, 0.05) is 11.8 Å². The van der Waals surface area contributed by atoms with Gasteiger partial charge < -0.3 is 0 Å². The van der Waals surface area contributed by atoms with Crippen molar-refractivity contribution in [3.05, 3.63) is 0 Å². The zero-order valence-corrected chi connectivity index (χ0v) is 6.89. The number of hydrogen-bond donors (Lipinski definition) is 0. The molecule has 2 heteroatoms. The molecule has 0 heterocycles. The molecule has 0 radical (unpaired) electrons. The van der Waals surface area contributed by atoms with Gasteiger partial charge in [0.15, 0.2) is 0 Å². The number of rotatable bonds is 0. The molecular weight excluding hydrogens is 140 g/mol. The zero-order chi connectivity index (χ0) is 8.22. The van der Waals surface area contributed by atoms with E-state index in [0.717, 1.165) is 12.8 Å². The van der Waals surface area contributed by atoms with Crippen LogP contribution in [-0.2, 0) is 9.59 Å². The second-order valence-corrected chi connectivity index (χ2v) is 4.23. The lowest BCUT2D eigenvalue weighted by Gasteiger charge is -2.20. The Morgan fingerprint density at radius 1 is 1.09 bits per heavy atom. The lowest BCUT2D eigenvalue weighted by Crippen LogP contribution is -2.20. The molecule has 0 saturated heterocycles. The molecule has 60 valence electrons. The van der Waals surface area contributed by atoms with Gasteiger partial charge in [-0.25, -0.2) is 0 Å². The van der Waals surface area contributed by atoms with Crippen molar-refractivity contribution >= 4 is 11.6 Å². The van der Waals surface area contributed by atoms with Crippen molar-refractivity contribution in [3.63, 3.8) is 0 Å². The Balaban J connectivity index is 2.46. The van der Waals surface area contributed by atoms with E-state index in [-0.39, 0.29) is 28.8 Å². The summed E-state index contributed by atoms with van der Waals surface area (Å²) < 4.78 is 0. The van der Waals surface area contributed by atoms with E-state index in [4.69, 9.17) is 0 Å². The minimum absolute atomic E-state index is 0.0336. The highest BCUT2D eigenvalue weighted by molar-refractivity contribution is 6.41. The van der Waals surface area contributed by atoms with Gasteiger partial charge in [-0.2, -0.15) is 0 Å². The maximum Gasteiger partial charge on any atom is 0.202 e. The van der Waals surface area contributed by atoms with Crippen molar-refractivity contribution in [1.29, 1.82) is 0 Å². The third-order valence-electron chi connectivity index (χ3n) is 3.42. The number of ketones is 2. The second kappa shape index (κ2) is 1.74. The van der Waals surface area contributed by atoms with Gasteiger partial charge in [0.25, 0.3) is 0 Å². The van der Waals surface area contributed by atoms with Crippen molar-refractivity contribution in [3.8, 4) is 0 Å². The van der Waals surface area contributed by atoms with Gasteiger partial charge >= 0.3 is 0 Å². The van der Waals surface area contributed by atoms with E-state index in [1.165, 1.54) is 0 Å². The standard InChI is InChI=1S/C9H12O2/c1-9(2)5-3-4-6(9)8(11)7(5)10/h5-6H,3-4H2,1-2H3. The molecule has 2 fully saturated rings. The summed E-state index contributed by atoms with van der Waals surface area (Å²) in [7, 11) is 0. The first-order valence-corrected chi connectivity index (χ1v) is 4.13. The quantitative estimate of drug-likeness (QED) is 0.488. The summed E-state index contributed by atoms with van der Waals surface area (Å²) in [4.78, 5) is 22.5. The first-order chi connectivity index (χ1) is 5.05. The minimum atomic E-state index is -0.105. The summed E-state index contributed by atoms with van der Waals surface area (Å²) in [6.07, 6.45) is 1.87. The first kappa shape index (κ1) is 7.01. The van der Waals surface area contributed by atoms with Crippen molar-refractivity contribution < 1.29 is 9.59 Å². The van der Waals surface area contributed by atoms with Crippen LogP contribution < -0.4 is 0 Å². The number of hydrogen-bond acceptors (Lipinski definition) is 2. The summed E-state index contributed by atoms with van der Waals surface area (Å²) >= 11 is 0. The summed E-state index contributed by atoms with van der Waals surface area (Å²) in [5, 5.41) is 0. The summed E-state index contributed by atoms with van der Waals surface area (Å²) in [6.45, 7) is 4.08. The van der Waals surface area contributed by atoms with Crippen molar-refractivity contribution in [1.82, 2.24) is 0 Å². The maximum atomic E-state index is 11.2. The average Bonchev–Trinajstić information content (AvgIpc) is 2.27. The molecule has 2 atom stereocenters. The van der Waals surface area contributed by atoms with Gasteiger partial charge in [0.05, 0.1) is 0 Å². The molecule has 11 heavy (non-hydrogen) atoms. The minimum Gasteiger partial charge on any atom is -0.291 e. The van der Waals surface area contributed by atoms with E-state index in [1.807, 2.05) is 13.8 Å². The third-order valence-corrected chi connectivity index (χ3v) is 3.42. The summed E-state index contributed by atoms with van der Waals surface area (Å²) in [6, 6.07) is 0. The first-order valence-electron chi connectivity index (χ1n) is 4.13. The predicted octanol–water partition coefficient (Wildman–Crippen LogP) is 1.19. The Bertz CT molecular complexity index is 216. The molecular formula is C9H12O2. The highest BCUT2D eigenvalue weighted by atomic mass is 16.2. The summed E-state index contributed by atoms with van der Waals surface area (Å²) in [5.74, 6) is -0.127. The van der Waals surface area contributed by atoms with Crippen LogP contribution in [0, 0.1) is 17.3 Å². The molecule has 2 unspecified atom stereocenters. The van der Waals surface area contributed by atoms with Crippen LogP contribution in [0.1, 0.15) is 26.7 Å². The van der Waals surface area contributed by atoms with Gasteiger partial charge in [-0.15, -0.1) is 0 Å². The largest absolute Gasteiger partial charge is 0.291 e. The molecule has 2 aliphatic rings. The predicted molar refractivity (Wildman–Crippen MR) is 40.0 cm³/mol. The maximum absolute atomic E-state index is 11.2. The Morgan fingerprint density at radius 2 is 1.45 bits per heavy atom. The monoisotopic (exact) mass is 152 g/mol. The van der Waals surface area contributed by atoms with Crippen LogP contribution >= 0.6 is 0 Å². The van der Waals surface area contributed by atoms with Crippen LogP contribution in [0.25, 0.3) is 0 Å². The molecule has 0 aromatic heterocycles. The van der Waals surface area contributed by atoms with Crippen LogP contribution in [0.2, 0.25) is 0 Å². The summed E-state index contributed by atoms with van der Waals surface area (Å²) in [5.41, 5.74) is -0.0336. The number of carbonyl (C=O) groups excluding carboxylic acids is 2. The Hall–Kier alpha value is -0.660. The molecule has 0 spiro atoms. The third kappa shape index (κ3) is 0.627. The van der Waals surface area contributed by atoms with Crippen molar-refractivity contribution in [2.24, 2.45) is 17.3 Å². The highest BCUT2D eigenvalue weighted by Crippen LogP contribution is 2.53. The molecule has 0 aromatic carbocycles. The van der Waals surface area contributed by atoms with E-state index in [9.17, 15) is 9.59 Å². The van der Waals surface area contributed by atoms with Gasteiger partial charge in [0.2, 0.25) is 11.6 Å². The highest BCUT2D eigenvalue weighted by Gasteiger charge is 2.58. The molecule has 2 bridgehead atoms. The molecule has 0 N–H and O–H groups in total. The lowest BCUT2D eigenvalue weighted by atomic mass is 9.82. The molecule has 0 amide bonds. The Kier molecular flexibility index (Phi) is 1.11. The van der Waals surface area contributed by atoms with Crippen LogP contribution in [0.3, 0.4) is 0 Å². The Morgan fingerprint density at radius 3 is 1.64 bits per heavy atom. The fourth-order valence-electron chi connectivity index (χ4n) is 2.60. The van der Waals surface area contributed by atoms with Crippen LogP contribution in [0.4, 0.5) is 0 Å². The van der Waals surface area contributed by atoms with Gasteiger partial charge in [-0.3, -0.25) is 9.59 Å². The number of fused-ring (bicyclic) bond motifs is 2. The molecule has 0 aliphatic heterocycles. The molecule has 2 nitrogen and oxygen atoms in total. The normalized spacial score (nSPS) is 40.2. The van der Waals surface area contributed by atoms with Crippen LogP contribution in [0.5, 0.6) is 0 Å². The van der Waals surface area contributed by atoms with E-state index >= 15 is 0 Å². The van der Waals surface area contributed by atoms with E-state index in [0.29, 0.717) is 0 Å². The molecule has 2 rings (SSSR count). The fourth-order valence-corrected chi connectivity index (χ4v) is 2.60. The SMILES string of the molecule is CC1(C)C2CCC1C(=O)C2=O. The van der Waals surface area contributed by atoms with E-state index < -0.39 is 0 Å². The topological polar surface area (TPSA) is 34.1 Å². The van der Waals surface area contributed by atoms with Crippen LogP contribution in [-0.4, -0.2) is 11.6 Å². The van der Waals surface area contributed by atoms with Crippen molar-refractivity contribution in [2.45, 2.75) is 26.7 Å². The van der Waals surface area contributed by atoms with Gasteiger partial charge in [-0.05, 0) is 18.3 Å². The molecule has 0 aromatic rings. The van der Waals surface area contributed by atoms with Crippen LogP contribution in [0.15, 0.2) is 0 Å². The Labute approximate surface area is 66.0 Å². The lowest BCUT2D eigenvalue weighted by molar-refractivity contribution is -0.138. The number of Topliss-reactive ketones (excluding diaryl/α,β-unsaturated/α-hetero) is 2.